The van der Waals surface area contributed by atoms with Gasteiger partial charge in [0.25, 0.3) is 0 Å². The first kappa shape index (κ1) is 72.2. The van der Waals surface area contributed by atoms with E-state index in [1.807, 2.05) is 21.1 Å². The molecule has 0 heterocycles. The van der Waals surface area contributed by atoms with Gasteiger partial charge in [0, 0.05) is 12.8 Å². The maximum atomic E-state index is 12.9. The van der Waals surface area contributed by atoms with Crippen LogP contribution >= 0.6 is 0 Å². The van der Waals surface area contributed by atoms with Crippen molar-refractivity contribution < 1.29 is 42.9 Å². The fourth-order valence-corrected chi connectivity index (χ4v) is 8.38. The summed E-state index contributed by atoms with van der Waals surface area (Å²) in [6.45, 7) is 4.60. The lowest BCUT2D eigenvalue weighted by Gasteiger charge is -2.26. The maximum Gasteiger partial charge on any atom is 0.306 e. The summed E-state index contributed by atoms with van der Waals surface area (Å²) in [4.78, 5) is 37.3. The van der Waals surface area contributed by atoms with Gasteiger partial charge in [-0.05, 0) is 77.0 Å². The summed E-state index contributed by atoms with van der Waals surface area (Å²) in [7, 11) is 5.91. The van der Waals surface area contributed by atoms with Crippen molar-refractivity contribution in [1.29, 1.82) is 0 Å². The fourth-order valence-electron chi connectivity index (χ4n) is 8.38. The molecule has 0 fully saturated rings. The highest BCUT2D eigenvalue weighted by molar-refractivity contribution is 5.70. The Bertz CT molecular complexity index is 1570. The number of carbonyl (C=O) groups excluding carboxylic acids is 3. The Balaban J connectivity index is 4.31. The highest BCUT2D eigenvalue weighted by atomic mass is 16.7. The minimum Gasteiger partial charge on any atom is -0.545 e. The minimum atomic E-state index is -1.64. The topological polar surface area (TPSA) is 111 Å². The summed E-state index contributed by atoms with van der Waals surface area (Å²) in [6.07, 6.45) is 74.7. The van der Waals surface area contributed by atoms with E-state index in [2.05, 4.69) is 111 Å². The first-order valence-electron chi connectivity index (χ1n) is 30.9. The third-order valence-electron chi connectivity index (χ3n) is 13.1. The van der Waals surface area contributed by atoms with Crippen LogP contribution in [0.25, 0.3) is 0 Å². The van der Waals surface area contributed by atoms with Crippen molar-refractivity contribution in [3.8, 4) is 0 Å². The lowest BCUT2D eigenvalue weighted by Crippen LogP contribution is -2.44. The molecule has 76 heavy (non-hydrogen) atoms. The summed E-state index contributed by atoms with van der Waals surface area (Å²) in [5, 5.41) is 11.8. The van der Waals surface area contributed by atoms with E-state index in [0.29, 0.717) is 17.4 Å². The van der Waals surface area contributed by atoms with Gasteiger partial charge in [-0.2, -0.15) is 0 Å². The van der Waals surface area contributed by atoms with Gasteiger partial charge in [-0.15, -0.1) is 0 Å². The Hall–Kier alpha value is -3.79. The largest absolute Gasteiger partial charge is 0.545 e. The molecule has 0 spiro atoms. The molecule has 0 aliphatic rings. The van der Waals surface area contributed by atoms with E-state index in [0.717, 1.165) is 83.5 Å². The van der Waals surface area contributed by atoms with E-state index in [4.69, 9.17) is 18.9 Å². The Morgan fingerprint density at radius 3 is 1.12 bits per heavy atom. The van der Waals surface area contributed by atoms with Gasteiger partial charge < -0.3 is 33.3 Å². The van der Waals surface area contributed by atoms with E-state index in [1.165, 1.54) is 135 Å². The van der Waals surface area contributed by atoms with Gasteiger partial charge in [-0.1, -0.05) is 259 Å². The van der Waals surface area contributed by atoms with Gasteiger partial charge >= 0.3 is 11.9 Å². The lowest BCUT2D eigenvalue weighted by molar-refractivity contribution is -0.870. The number of carbonyl (C=O) groups is 3. The van der Waals surface area contributed by atoms with E-state index in [1.54, 1.807) is 0 Å². The van der Waals surface area contributed by atoms with Gasteiger partial charge in [0.1, 0.15) is 13.2 Å². The van der Waals surface area contributed by atoms with E-state index < -0.39 is 24.3 Å². The lowest BCUT2D eigenvalue weighted by atomic mass is 10.0. The highest BCUT2D eigenvalue weighted by Crippen LogP contribution is 2.17. The molecule has 2 unspecified atom stereocenters. The molecule has 0 aliphatic heterocycles. The number of quaternary nitrogens is 1. The van der Waals surface area contributed by atoms with Crippen LogP contribution < -0.4 is 5.11 Å². The standard InChI is InChI=1S/C67H115NO8/c1-6-8-10-12-14-16-18-20-22-24-26-28-30-32-33-34-36-38-40-42-44-46-48-50-52-54-56-58-65(70)76-63(62-75-67(66(71)72)73-60-59-68(3,4)5)61-74-64(69)57-55-53-51-49-47-45-43-41-39-37-35-31-29-27-25-23-21-19-17-15-13-11-9-7-2/h8,10,14,16,20,22,26,28,32-33,36,38,42,44,48,50,63,67H,6-7,9,11-13,15,17-19,21,23-25,27,29-31,34-35,37,39-41,43,45-47,49,51-62H2,1-5H3/b10-8-,16-14-,22-20-,28-26-,33-32-,38-36-,44-42-,50-48-. The van der Waals surface area contributed by atoms with Crippen LogP contribution in [-0.2, 0) is 33.3 Å². The predicted molar refractivity (Wildman–Crippen MR) is 320 cm³/mol. The minimum absolute atomic E-state index is 0.135. The number of ether oxygens (including phenoxy) is 4. The molecule has 0 aromatic rings. The monoisotopic (exact) mass is 1060 g/mol. The zero-order chi connectivity index (χ0) is 55.5. The molecule has 0 rings (SSSR count). The number of nitrogens with zero attached hydrogens (tertiary/aromatic N) is 1. The average molecular weight is 1060 g/mol. The van der Waals surface area contributed by atoms with Crippen LogP contribution in [0.3, 0.4) is 0 Å². The number of carboxylic acid groups (broad SMARTS) is 1. The molecule has 0 N–H and O–H groups in total. The van der Waals surface area contributed by atoms with Crippen LogP contribution in [0.15, 0.2) is 97.2 Å². The number of carboxylic acids is 1. The Morgan fingerprint density at radius 2 is 0.750 bits per heavy atom. The van der Waals surface area contributed by atoms with Crippen LogP contribution in [0.1, 0.15) is 251 Å². The number of hydrogen-bond donors (Lipinski definition) is 0. The summed E-state index contributed by atoms with van der Waals surface area (Å²) in [5.74, 6) is -2.34. The molecular formula is C67H115NO8. The third kappa shape index (κ3) is 57.9. The van der Waals surface area contributed by atoms with E-state index in [-0.39, 0.29) is 38.6 Å². The highest BCUT2D eigenvalue weighted by Gasteiger charge is 2.22. The second-order valence-corrected chi connectivity index (χ2v) is 21.6. The first-order chi connectivity index (χ1) is 37.1. The van der Waals surface area contributed by atoms with Crippen molar-refractivity contribution in [1.82, 2.24) is 0 Å². The van der Waals surface area contributed by atoms with Gasteiger partial charge in [0.05, 0.1) is 40.3 Å². The van der Waals surface area contributed by atoms with Crippen LogP contribution in [0, 0.1) is 0 Å². The molecular weight excluding hydrogens is 947 g/mol. The molecule has 0 bridgehead atoms. The predicted octanol–water partition coefficient (Wildman–Crippen LogP) is 17.2. The molecule has 0 aromatic heterocycles. The van der Waals surface area contributed by atoms with Crippen LogP contribution in [0.2, 0.25) is 0 Å². The van der Waals surface area contributed by atoms with Gasteiger partial charge in [-0.25, -0.2) is 0 Å². The molecule has 436 valence electrons. The summed E-state index contributed by atoms with van der Waals surface area (Å²) >= 11 is 0. The van der Waals surface area contributed by atoms with Gasteiger partial charge in [-0.3, -0.25) is 9.59 Å². The number of unbranched alkanes of at least 4 members (excludes halogenated alkanes) is 25. The number of aliphatic carboxylic acids is 1. The van der Waals surface area contributed by atoms with Crippen molar-refractivity contribution >= 4 is 17.9 Å². The molecule has 0 amide bonds. The zero-order valence-corrected chi connectivity index (χ0v) is 49.6. The smallest absolute Gasteiger partial charge is 0.306 e. The van der Waals surface area contributed by atoms with Crippen LogP contribution in [-0.4, -0.2) is 82.3 Å². The summed E-state index contributed by atoms with van der Waals surface area (Å²) in [5.41, 5.74) is 0. The summed E-state index contributed by atoms with van der Waals surface area (Å²) < 4.78 is 22.7. The van der Waals surface area contributed by atoms with Crippen molar-refractivity contribution in [2.24, 2.45) is 0 Å². The number of likely N-dealkylation sites (N-methyl/N-ethyl adjacent to an activating group) is 1. The Labute approximate surface area is 467 Å². The molecule has 2 atom stereocenters. The summed E-state index contributed by atoms with van der Waals surface area (Å²) in [6, 6.07) is 0. The number of rotatable bonds is 56. The van der Waals surface area contributed by atoms with Crippen molar-refractivity contribution in [3.63, 3.8) is 0 Å². The Kier molecular flexibility index (Phi) is 54.5. The molecule has 0 aliphatic carbocycles. The number of allylic oxidation sites excluding steroid dienone is 16. The van der Waals surface area contributed by atoms with Gasteiger partial charge in [0.2, 0.25) is 0 Å². The molecule has 0 radical (unpaired) electrons. The normalized spacial score (nSPS) is 13.4. The van der Waals surface area contributed by atoms with Crippen molar-refractivity contribution in [2.45, 2.75) is 264 Å². The Morgan fingerprint density at radius 1 is 0.408 bits per heavy atom. The SMILES string of the molecule is CC/C=C\C/C=C\C/C=C\C/C=C\C/C=C\C/C=C\C/C=C\C/C=C\CCCCC(=O)OC(COC(=O)CCCCCCCCCCCCCCCCCCCCCCCCCC)COC(OCC[N+](C)(C)C)C(=O)[O-]. The molecule has 0 saturated heterocycles. The first-order valence-corrected chi connectivity index (χ1v) is 30.9. The third-order valence-corrected chi connectivity index (χ3v) is 13.1. The quantitative estimate of drug-likeness (QED) is 0.0195. The van der Waals surface area contributed by atoms with Crippen LogP contribution in [0.4, 0.5) is 0 Å². The number of esters is 2. The molecule has 0 aromatic carbocycles. The molecule has 0 saturated carbocycles. The second kappa shape index (κ2) is 57.4. The molecule has 9 nitrogen and oxygen atoms in total. The zero-order valence-electron chi connectivity index (χ0n) is 49.6. The van der Waals surface area contributed by atoms with E-state index in [9.17, 15) is 19.5 Å². The van der Waals surface area contributed by atoms with Crippen molar-refractivity contribution in [3.05, 3.63) is 97.2 Å². The average Bonchev–Trinajstić information content (AvgIpc) is 3.39. The van der Waals surface area contributed by atoms with Crippen LogP contribution in [0.5, 0.6) is 0 Å². The van der Waals surface area contributed by atoms with Crippen molar-refractivity contribution in [2.75, 3.05) is 47.5 Å². The maximum absolute atomic E-state index is 12.9. The molecule has 9 heteroatoms. The second-order valence-electron chi connectivity index (χ2n) is 21.6. The van der Waals surface area contributed by atoms with E-state index >= 15 is 0 Å². The fraction of sp³-hybridized carbons (Fsp3) is 0.716. The van der Waals surface area contributed by atoms with Gasteiger partial charge in [0.15, 0.2) is 12.4 Å². The number of hydrogen-bond acceptors (Lipinski definition) is 8.